The van der Waals surface area contributed by atoms with E-state index in [0.717, 1.165) is 16.3 Å². The molecule has 0 heterocycles. The van der Waals surface area contributed by atoms with Crippen LogP contribution in [-0.4, -0.2) is 16.1 Å². The molecule has 0 saturated heterocycles. The van der Waals surface area contributed by atoms with Crippen molar-refractivity contribution in [2.24, 2.45) is 0 Å². The zero-order chi connectivity index (χ0) is 22.5. The van der Waals surface area contributed by atoms with Crippen molar-refractivity contribution in [1.29, 1.82) is 0 Å². The van der Waals surface area contributed by atoms with Crippen LogP contribution in [0.1, 0.15) is 27.5 Å². The van der Waals surface area contributed by atoms with Crippen LogP contribution in [0.15, 0.2) is 91.0 Å². The summed E-state index contributed by atoms with van der Waals surface area (Å²) in [6.07, 6.45) is 0. The fourth-order valence-corrected chi connectivity index (χ4v) is 3.80. The first-order valence-electron chi connectivity index (χ1n) is 9.91. The molecule has 160 valence electrons. The molecule has 0 aliphatic heterocycles. The van der Waals surface area contributed by atoms with Crippen LogP contribution < -0.4 is 16.2 Å². The Kier molecular flexibility index (Phi) is 6.54. The minimum absolute atomic E-state index is 0.132. The van der Waals surface area contributed by atoms with E-state index in [2.05, 4.69) is 16.2 Å². The molecule has 4 aromatic carbocycles. The number of halogens is 1. The summed E-state index contributed by atoms with van der Waals surface area (Å²) in [7, 11) is 0. The maximum Gasteiger partial charge on any atom is 0.269 e. The lowest BCUT2D eigenvalue weighted by Gasteiger charge is -2.24. The summed E-state index contributed by atoms with van der Waals surface area (Å²) in [5.41, 5.74) is 7.36. The predicted molar refractivity (Wildman–Crippen MR) is 132 cm³/mol. The van der Waals surface area contributed by atoms with E-state index in [9.17, 15) is 9.90 Å². The van der Waals surface area contributed by atoms with Crippen molar-refractivity contribution in [1.82, 2.24) is 16.2 Å². The summed E-state index contributed by atoms with van der Waals surface area (Å²) < 4.78 is 0. The van der Waals surface area contributed by atoms with Crippen molar-refractivity contribution >= 4 is 45.6 Å². The third-order valence-electron chi connectivity index (χ3n) is 5.04. The molecular formula is C25H20ClN3O2S. The van der Waals surface area contributed by atoms with Crippen LogP contribution in [0.5, 0.6) is 5.75 Å². The molecule has 4 rings (SSSR count). The van der Waals surface area contributed by atoms with Gasteiger partial charge in [-0.25, -0.2) is 0 Å². The molecule has 7 heteroatoms. The number of benzene rings is 4. The topological polar surface area (TPSA) is 73.4 Å². The Morgan fingerprint density at radius 1 is 0.844 bits per heavy atom. The highest BCUT2D eigenvalue weighted by atomic mass is 35.5. The highest BCUT2D eigenvalue weighted by Crippen LogP contribution is 2.36. The van der Waals surface area contributed by atoms with Gasteiger partial charge in [-0.3, -0.25) is 15.6 Å². The summed E-state index contributed by atoms with van der Waals surface area (Å²) in [5, 5.41) is 16.7. The Balaban J connectivity index is 1.63. The lowest BCUT2D eigenvalue weighted by atomic mass is 9.93. The molecule has 0 radical (unpaired) electrons. The lowest BCUT2D eigenvalue weighted by Crippen LogP contribution is -2.47. The standard InChI is InChI=1S/C25H20ClN3O2S/c26-19-13-10-17(11-14-19)23(22-20-9-5-4-6-16(20)12-15-21(22)30)27-25(32)29-28-24(31)18-7-2-1-3-8-18/h1-15,23,30H,(H,28,31)(H2,27,29,32). The van der Waals surface area contributed by atoms with Crippen molar-refractivity contribution in [2.75, 3.05) is 0 Å². The van der Waals surface area contributed by atoms with Crippen LogP contribution in [0.4, 0.5) is 0 Å². The Hall–Kier alpha value is -3.61. The number of phenols is 1. The largest absolute Gasteiger partial charge is 0.508 e. The van der Waals surface area contributed by atoms with Gasteiger partial charge in [-0.2, -0.15) is 0 Å². The predicted octanol–water partition coefficient (Wildman–Crippen LogP) is 5.10. The highest BCUT2D eigenvalue weighted by molar-refractivity contribution is 7.80. The molecule has 4 aromatic rings. The average Bonchev–Trinajstić information content (AvgIpc) is 2.82. The Morgan fingerprint density at radius 2 is 1.53 bits per heavy atom. The number of carbonyl (C=O) groups is 1. The number of hydrogen-bond donors (Lipinski definition) is 4. The van der Waals surface area contributed by atoms with Gasteiger partial charge in [0.1, 0.15) is 5.75 Å². The zero-order valence-electron chi connectivity index (χ0n) is 16.9. The third-order valence-corrected chi connectivity index (χ3v) is 5.51. The number of fused-ring (bicyclic) bond motifs is 1. The van der Waals surface area contributed by atoms with E-state index < -0.39 is 6.04 Å². The number of rotatable bonds is 4. The third kappa shape index (κ3) is 4.82. The molecule has 0 saturated carbocycles. The number of hydrogen-bond acceptors (Lipinski definition) is 3. The van der Waals surface area contributed by atoms with Gasteiger partial charge in [0.25, 0.3) is 5.91 Å². The fourth-order valence-electron chi connectivity index (χ4n) is 3.51. The van der Waals surface area contributed by atoms with E-state index in [-0.39, 0.29) is 16.8 Å². The Bertz CT molecular complexity index is 1260. The Labute approximate surface area is 196 Å². The quantitative estimate of drug-likeness (QED) is 0.251. The molecule has 4 N–H and O–H groups in total. The molecule has 32 heavy (non-hydrogen) atoms. The number of carbonyl (C=O) groups excluding carboxylic acids is 1. The number of nitrogens with one attached hydrogen (secondary N) is 3. The molecule has 0 spiro atoms. The number of aromatic hydroxyl groups is 1. The van der Waals surface area contributed by atoms with Gasteiger partial charge in [0, 0.05) is 16.1 Å². The van der Waals surface area contributed by atoms with Crippen LogP contribution >= 0.6 is 23.8 Å². The molecule has 1 atom stereocenters. The van der Waals surface area contributed by atoms with Gasteiger partial charge in [0.05, 0.1) is 6.04 Å². The van der Waals surface area contributed by atoms with Crippen LogP contribution in [-0.2, 0) is 0 Å². The van der Waals surface area contributed by atoms with Gasteiger partial charge in [0.15, 0.2) is 5.11 Å². The van der Waals surface area contributed by atoms with Crippen LogP contribution in [0, 0.1) is 0 Å². The minimum Gasteiger partial charge on any atom is -0.508 e. The molecule has 0 bridgehead atoms. The molecule has 1 amide bonds. The molecule has 5 nitrogen and oxygen atoms in total. The van der Waals surface area contributed by atoms with Gasteiger partial charge >= 0.3 is 0 Å². The van der Waals surface area contributed by atoms with Gasteiger partial charge < -0.3 is 10.4 Å². The van der Waals surface area contributed by atoms with Gasteiger partial charge in [0.2, 0.25) is 0 Å². The van der Waals surface area contributed by atoms with Crippen molar-refractivity contribution in [3.63, 3.8) is 0 Å². The molecular weight excluding hydrogens is 442 g/mol. The van der Waals surface area contributed by atoms with E-state index in [1.807, 2.05) is 48.5 Å². The van der Waals surface area contributed by atoms with Gasteiger partial charge in [-0.1, -0.05) is 72.3 Å². The average molecular weight is 462 g/mol. The van der Waals surface area contributed by atoms with Crippen molar-refractivity contribution in [3.8, 4) is 5.75 Å². The molecule has 1 unspecified atom stereocenters. The normalized spacial score (nSPS) is 11.5. The monoisotopic (exact) mass is 461 g/mol. The summed E-state index contributed by atoms with van der Waals surface area (Å²) >= 11 is 11.5. The van der Waals surface area contributed by atoms with E-state index in [1.54, 1.807) is 42.5 Å². The molecule has 0 aliphatic rings. The van der Waals surface area contributed by atoms with Crippen LogP contribution in [0.2, 0.25) is 5.02 Å². The second-order valence-corrected chi connectivity index (χ2v) is 7.97. The maximum absolute atomic E-state index is 12.3. The molecule has 0 aliphatic carbocycles. The number of amides is 1. The van der Waals surface area contributed by atoms with Crippen molar-refractivity contribution < 1.29 is 9.90 Å². The van der Waals surface area contributed by atoms with Gasteiger partial charge in [-0.05, 0) is 58.9 Å². The first-order chi connectivity index (χ1) is 15.5. The summed E-state index contributed by atoms with van der Waals surface area (Å²) in [6, 6.07) is 26.9. The Morgan fingerprint density at radius 3 is 2.28 bits per heavy atom. The summed E-state index contributed by atoms with van der Waals surface area (Å²) in [4.78, 5) is 12.3. The zero-order valence-corrected chi connectivity index (χ0v) is 18.5. The van der Waals surface area contributed by atoms with E-state index in [4.69, 9.17) is 23.8 Å². The highest BCUT2D eigenvalue weighted by Gasteiger charge is 2.22. The lowest BCUT2D eigenvalue weighted by molar-refractivity contribution is 0.0943. The first kappa shape index (κ1) is 21.6. The number of thiocarbonyl (C=S) groups is 1. The van der Waals surface area contributed by atoms with E-state index in [1.165, 1.54) is 0 Å². The van der Waals surface area contributed by atoms with Crippen LogP contribution in [0.3, 0.4) is 0 Å². The molecule has 0 fully saturated rings. The first-order valence-corrected chi connectivity index (χ1v) is 10.7. The summed E-state index contributed by atoms with van der Waals surface area (Å²) in [6.45, 7) is 0. The van der Waals surface area contributed by atoms with Crippen molar-refractivity contribution in [2.45, 2.75) is 6.04 Å². The van der Waals surface area contributed by atoms with E-state index >= 15 is 0 Å². The second kappa shape index (κ2) is 9.68. The van der Waals surface area contributed by atoms with E-state index in [0.29, 0.717) is 16.1 Å². The van der Waals surface area contributed by atoms with Crippen molar-refractivity contribution in [3.05, 3.63) is 113 Å². The minimum atomic E-state index is -0.494. The number of hydrazine groups is 1. The fraction of sp³-hybridized carbons (Fsp3) is 0.0400. The molecule has 0 aromatic heterocycles. The number of phenolic OH excluding ortho intramolecular Hbond substituents is 1. The SMILES string of the molecule is O=C(NNC(=S)NC(c1ccc(Cl)cc1)c1c(O)ccc2ccccc12)c1ccccc1. The van der Waals surface area contributed by atoms with Crippen LogP contribution in [0.25, 0.3) is 10.8 Å². The van der Waals surface area contributed by atoms with Gasteiger partial charge in [-0.15, -0.1) is 0 Å². The smallest absolute Gasteiger partial charge is 0.269 e. The second-order valence-electron chi connectivity index (χ2n) is 7.12. The summed E-state index contributed by atoms with van der Waals surface area (Å²) in [5.74, 6) is -0.182. The maximum atomic E-state index is 12.3.